The molecule has 0 bridgehead atoms. The lowest BCUT2D eigenvalue weighted by Gasteiger charge is -2.58. The van der Waals surface area contributed by atoms with Gasteiger partial charge in [0.2, 0.25) is 0 Å². The Morgan fingerprint density at radius 3 is 2.50 bits per heavy atom. The first-order valence-corrected chi connectivity index (χ1v) is 16.5. The predicted molar refractivity (Wildman–Crippen MR) is 163 cm³/mol. The normalized spacial score (nSPS) is 35.8. The van der Waals surface area contributed by atoms with Gasteiger partial charge in [-0.2, -0.15) is 0 Å². The van der Waals surface area contributed by atoms with Gasteiger partial charge < -0.3 is 4.74 Å². The van der Waals surface area contributed by atoms with Gasteiger partial charge in [0.1, 0.15) is 6.10 Å². The number of carbonyl (C=O) groups excluding carboxylic acids is 2. The van der Waals surface area contributed by atoms with Crippen LogP contribution in [0.3, 0.4) is 0 Å². The van der Waals surface area contributed by atoms with Crippen molar-refractivity contribution in [3.63, 3.8) is 0 Å². The Labute approximate surface area is 243 Å². The van der Waals surface area contributed by atoms with Crippen LogP contribution in [0.1, 0.15) is 128 Å². The van der Waals surface area contributed by atoms with E-state index in [1.807, 2.05) is 18.2 Å². The summed E-state index contributed by atoms with van der Waals surface area (Å²) in [7, 11) is 0. The smallest absolute Gasteiger partial charge is 0.310 e. The van der Waals surface area contributed by atoms with Crippen molar-refractivity contribution in [2.24, 2.45) is 46.3 Å². The van der Waals surface area contributed by atoms with Crippen LogP contribution < -0.4 is 0 Å². The second kappa shape index (κ2) is 11.8. The third-order valence-corrected chi connectivity index (χ3v) is 12.3. The van der Waals surface area contributed by atoms with Crippen LogP contribution in [0, 0.1) is 46.3 Å². The number of hydrogen-bond acceptors (Lipinski definition) is 3. The molecule has 0 radical (unpaired) electrons. The van der Waals surface area contributed by atoms with Crippen molar-refractivity contribution in [1.82, 2.24) is 0 Å². The molecule has 4 aliphatic rings. The molecule has 0 unspecified atom stereocenters. The highest BCUT2D eigenvalue weighted by Gasteiger charge is 2.59. The maximum Gasteiger partial charge on any atom is 0.310 e. The van der Waals surface area contributed by atoms with Crippen molar-refractivity contribution in [3.05, 3.63) is 47.0 Å². The average molecular weight is 547 g/mol. The number of allylic oxidation sites excluding steroid dienone is 1. The minimum Gasteiger partial charge on any atom is -0.462 e. The van der Waals surface area contributed by atoms with Crippen LogP contribution in [0.4, 0.5) is 0 Å². The molecule has 3 heteroatoms. The Balaban J connectivity index is 1.22. The number of rotatable bonds is 9. The fourth-order valence-corrected chi connectivity index (χ4v) is 10.2. The monoisotopic (exact) mass is 546 g/mol. The van der Waals surface area contributed by atoms with Crippen LogP contribution in [-0.4, -0.2) is 17.9 Å². The molecular formula is C37H54O3. The second-order valence-electron chi connectivity index (χ2n) is 15.0. The van der Waals surface area contributed by atoms with Crippen molar-refractivity contribution < 1.29 is 14.3 Å². The van der Waals surface area contributed by atoms with Crippen molar-refractivity contribution in [3.8, 4) is 0 Å². The third-order valence-electron chi connectivity index (χ3n) is 12.3. The molecule has 0 amide bonds. The highest BCUT2D eigenvalue weighted by molar-refractivity contribution is 5.96. The molecule has 3 saturated carbocycles. The Morgan fingerprint density at radius 2 is 1.75 bits per heavy atom. The van der Waals surface area contributed by atoms with Gasteiger partial charge in [0, 0.05) is 12.0 Å². The number of fused-ring (bicyclic) bond motifs is 5. The molecule has 0 aliphatic heterocycles. The summed E-state index contributed by atoms with van der Waals surface area (Å²) in [6.07, 6.45) is 16.7. The largest absolute Gasteiger partial charge is 0.462 e. The van der Waals surface area contributed by atoms with Gasteiger partial charge in [0.05, 0.1) is 6.42 Å². The number of carbonyl (C=O) groups is 2. The minimum atomic E-state index is -0.204. The summed E-state index contributed by atoms with van der Waals surface area (Å²) in [4.78, 5) is 24.9. The van der Waals surface area contributed by atoms with Gasteiger partial charge in [-0.15, -0.1) is 0 Å². The highest BCUT2D eigenvalue weighted by Crippen LogP contribution is 2.67. The maximum absolute atomic E-state index is 12.9. The summed E-state index contributed by atoms with van der Waals surface area (Å²) in [6.45, 7) is 14.1. The van der Waals surface area contributed by atoms with Crippen LogP contribution >= 0.6 is 0 Å². The van der Waals surface area contributed by atoms with Gasteiger partial charge in [0.25, 0.3) is 0 Å². The Kier molecular flexibility index (Phi) is 8.70. The van der Waals surface area contributed by atoms with Gasteiger partial charge in [0.15, 0.2) is 5.78 Å². The summed E-state index contributed by atoms with van der Waals surface area (Å²) in [5, 5.41) is 0. The van der Waals surface area contributed by atoms with E-state index in [2.05, 4.69) is 40.7 Å². The zero-order chi connectivity index (χ0) is 28.7. The molecule has 5 rings (SSSR count). The van der Waals surface area contributed by atoms with E-state index < -0.39 is 0 Å². The number of esters is 1. The third kappa shape index (κ3) is 5.60. The van der Waals surface area contributed by atoms with E-state index in [-0.39, 0.29) is 29.7 Å². The molecule has 40 heavy (non-hydrogen) atoms. The van der Waals surface area contributed by atoms with Crippen LogP contribution in [0.2, 0.25) is 0 Å². The number of ether oxygens (including phenoxy) is 1. The Hall–Kier alpha value is -1.90. The molecule has 3 fully saturated rings. The fourth-order valence-electron chi connectivity index (χ4n) is 10.2. The molecule has 3 nitrogen and oxygen atoms in total. The molecule has 220 valence electrons. The first kappa shape index (κ1) is 29.6. The Morgan fingerprint density at radius 1 is 0.975 bits per heavy atom. The minimum absolute atomic E-state index is 0.00324. The lowest BCUT2D eigenvalue weighted by Crippen LogP contribution is -2.51. The van der Waals surface area contributed by atoms with Crippen LogP contribution in [0.5, 0.6) is 0 Å². The lowest BCUT2D eigenvalue weighted by molar-refractivity contribution is -0.150. The molecule has 1 aromatic carbocycles. The van der Waals surface area contributed by atoms with Gasteiger partial charge in [-0.25, -0.2) is 0 Å². The summed E-state index contributed by atoms with van der Waals surface area (Å²) in [5.41, 5.74) is 3.73. The molecular weight excluding hydrogens is 492 g/mol. The van der Waals surface area contributed by atoms with Crippen molar-refractivity contribution in [1.29, 1.82) is 0 Å². The molecule has 0 saturated heterocycles. The summed E-state index contributed by atoms with van der Waals surface area (Å²) in [6, 6.07) is 7.41. The predicted octanol–water partition coefficient (Wildman–Crippen LogP) is 9.38. The van der Waals surface area contributed by atoms with Gasteiger partial charge in [-0.05, 0) is 104 Å². The molecule has 8 atom stereocenters. The van der Waals surface area contributed by atoms with E-state index >= 15 is 0 Å². The van der Waals surface area contributed by atoms with Crippen molar-refractivity contribution >= 4 is 11.8 Å². The van der Waals surface area contributed by atoms with Gasteiger partial charge in [-0.1, -0.05) is 89.8 Å². The maximum atomic E-state index is 12.9. The summed E-state index contributed by atoms with van der Waals surface area (Å²) in [5.74, 6) is 4.83. The van der Waals surface area contributed by atoms with Crippen LogP contribution in [0.25, 0.3) is 0 Å². The second-order valence-corrected chi connectivity index (χ2v) is 15.0. The zero-order valence-corrected chi connectivity index (χ0v) is 26.1. The molecule has 0 aromatic heterocycles. The number of benzene rings is 1. The van der Waals surface area contributed by atoms with Crippen LogP contribution in [-0.2, 0) is 16.0 Å². The van der Waals surface area contributed by atoms with Crippen LogP contribution in [0.15, 0.2) is 35.9 Å². The quantitative estimate of drug-likeness (QED) is 0.176. The zero-order valence-electron chi connectivity index (χ0n) is 26.1. The van der Waals surface area contributed by atoms with Gasteiger partial charge in [-0.3, -0.25) is 9.59 Å². The first-order valence-electron chi connectivity index (χ1n) is 16.5. The van der Waals surface area contributed by atoms with E-state index in [4.69, 9.17) is 4.74 Å². The fraction of sp³-hybridized carbons (Fsp3) is 0.730. The molecule has 0 heterocycles. The summed E-state index contributed by atoms with van der Waals surface area (Å²) >= 11 is 0. The van der Waals surface area contributed by atoms with E-state index in [0.29, 0.717) is 11.0 Å². The molecule has 4 aliphatic carbocycles. The lowest BCUT2D eigenvalue weighted by atomic mass is 9.47. The Bertz CT molecular complexity index is 1120. The molecule has 0 N–H and O–H groups in total. The molecule has 1 aromatic rings. The summed E-state index contributed by atoms with van der Waals surface area (Å²) < 4.78 is 6.04. The average Bonchev–Trinajstić information content (AvgIpc) is 3.26. The van der Waals surface area contributed by atoms with E-state index in [9.17, 15) is 9.59 Å². The number of ketones is 1. The SMILES string of the molecule is CC(=O)c1ccccc1CC(=O)O[C@H]1CC[C@@]2(C)C(=CC[C@H]3[C@@H]4CC[C@H]([C@H](C)CCCC(C)C)[C@@]4(C)CC[C@@H]32)C1. The van der Waals surface area contributed by atoms with Crippen molar-refractivity contribution in [2.45, 2.75) is 125 Å². The molecule has 0 spiro atoms. The highest BCUT2D eigenvalue weighted by atomic mass is 16.5. The van der Waals surface area contributed by atoms with E-state index in [0.717, 1.165) is 60.3 Å². The number of hydrogen-bond donors (Lipinski definition) is 0. The van der Waals surface area contributed by atoms with E-state index in [1.165, 1.54) is 51.4 Å². The topological polar surface area (TPSA) is 43.4 Å². The standard InChI is InChI=1S/C37H54O3/c1-24(2)10-9-11-25(3)32-16-17-33-31-15-14-28-23-29(18-20-36(28,5)34(31)19-21-37(32,33)6)40-35(39)22-27-12-7-8-13-30(27)26(4)38/h7-8,12-14,24-25,29,31-34H,9-11,15-23H2,1-6H3/t25-,29+,31+,32-,33+,34+,36+,37-/m1/s1. The van der Waals surface area contributed by atoms with Crippen molar-refractivity contribution in [2.75, 3.05) is 0 Å². The number of Topliss-reactive ketones (excluding diaryl/α,β-unsaturated/α-hetero) is 1. The van der Waals surface area contributed by atoms with E-state index in [1.54, 1.807) is 18.6 Å². The first-order chi connectivity index (χ1) is 19.0. The van der Waals surface area contributed by atoms with Gasteiger partial charge >= 0.3 is 5.97 Å².